The fourth-order valence-electron chi connectivity index (χ4n) is 3.21. The van der Waals surface area contributed by atoms with Crippen molar-refractivity contribution in [3.05, 3.63) is 70.6 Å². The molecule has 1 fully saturated rings. The van der Waals surface area contributed by atoms with Gasteiger partial charge in [0.1, 0.15) is 11.6 Å². The van der Waals surface area contributed by atoms with Crippen molar-refractivity contribution in [2.45, 2.75) is 19.4 Å². The number of halogens is 2. The summed E-state index contributed by atoms with van der Waals surface area (Å²) < 4.78 is 13.8. The van der Waals surface area contributed by atoms with Gasteiger partial charge in [-0.05, 0) is 83.8 Å². The van der Waals surface area contributed by atoms with Crippen LogP contribution < -0.4 is 10.6 Å². The van der Waals surface area contributed by atoms with Crippen molar-refractivity contribution in [2.75, 3.05) is 23.7 Å². The van der Waals surface area contributed by atoms with E-state index in [4.69, 9.17) is 0 Å². The van der Waals surface area contributed by atoms with E-state index in [-0.39, 0.29) is 5.82 Å². The number of benzene rings is 2. The maximum Gasteiger partial charge on any atom is 0.229 e. The zero-order valence-corrected chi connectivity index (χ0v) is 16.9. The molecule has 3 aromatic rings. The average Bonchev–Trinajstić information content (AvgIpc) is 3.21. The van der Waals surface area contributed by atoms with Crippen LogP contribution in [0.3, 0.4) is 0 Å². The average molecular weight is 442 g/mol. The smallest absolute Gasteiger partial charge is 0.229 e. The minimum Gasteiger partial charge on any atom is -0.339 e. The van der Waals surface area contributed by atoms with E-state index in [0.29, 0.717) is 11.8 Å². The summed E-state index contributed by atoms with van der Waals surface area (Å²) >= 11 is 3.44. The van der Waals surface area contributed by atoms with Crippen molar-refractivity contribution in [2.24, 2.45) is 0 Å². The number of nitrogens with one attached hydrogen (secondary N) is 2. The van der Waals surface area contributed by atoms with Gasteiger partial charge in [-0.2, -0.15) is 4.98 Å². The summed E-state index contributed by atoms with van der Waals surface area (Å²) in [5.41, 5.74) is 2.99. The molecule has 4 rings (SSSR count). The molecule has 0 aliphatic carbocycles. The Labute approximate surface area is 172 Å². The topological polar surface area (TPSA) is 53.1 Å². The highest BCUT2D eigenvalue weighted by molar-refractivity contribution is 9.10. The quantitative estimate of drug-likeness (QED) is 0.531. The Hall–Kier alpha value is -2.51. The molecule has 2 N–H and O–H groups in total. The summed E-state index contributed by atoms with van der Waals surface area (Å²) in [5.74, 6) is 0.817. The number of nitrogens with zero attached hydrogens (tertiary/aromatic N) is 3. The second-order valence-corrected chi connectivity index (χ2v) is 7.68. The molecular weight excluding hydrogens is 421 g/mol. The van der Waals surface area contributed by atoms with Gasteiger partial charge in [0.2, 0.25) is 5.95 Å². The Morgan fingerprint density at radius 1 is 0.929 bits per heavy atom. The van der Waals surface area contributed by atoms with E-state index in [0.717, 1.165) is 22.4 Å². The monoisotopic (exact) mass is 441 g/mol. The summed E-state index contributed by atoms with van der Waals surface area (Å²) in [6.07, 6.45) is 4.28. The molecule has 5 nitrogen and oxygen atoms in total. The van der Waals surface area contributed by atoms with Crippen molar-refractivity contribution < 1.29 is 4.39 Å². The molecule has 0 unspecified atom stereocenters. The second kappa shape index (κ2) is 8.67. The minimum absolute atomic E-state index is 0.275. The number of aromatic nitrogens is 2. The third-order valence-electron chi connectivity index (χ3n) is 4.67. The second-order valence-electron chi connectivity index (χ2n) is 6.83. The van der Waals surface area contributed by atoms with Crippen LogP contribution in [0.15, 0.2) is 59.2 Å². The molecule has 1 aliphatic heterocycles. The molecule has 144 valence electrons. The van der Waals surface area contributed by atoms with E-state index in [1.165, 1.54) is 43.6 Å². The molecule has 1 aromatic heterocycles. The van der Waals surface area contributed by atoms with Crippen LogP contribution in [0.4, 0.5) is 27.5 Å². The van der Waals surface area contributed by atoms with Gasteiger partial charge in [0, 0.05) is 24.1 Å². The largest absolute Gasteiger partial charge is 0.339 e. The van der Waals surface area contributed by atoms with Gasteiger partial charge in [0.15, 0.2) is 0 Å². The first-order valence-electron chi connectivity index (χ1n) is 9.29. The highest BCUT2D eigenvalue weighted by Crippen LogP contribution is 2.25. The van der Waals surface area contributed by atoms with Gasteiger partial charge in [0.05, 0.1) is 4.47 Å². The molecule has 1 aliphatic rings. The van der Waals surface area contributed by atoms with Gasteiger partial charge >= 0.3 is 0 Å². The summed E-state index contributed by atoms with van der Waals surface area (Å²) in [4.78, 5) is 11.3. The molecule has 0 saturated carbocycles. The maximum atomic E-state index is 13.1. The fraction of sp³-hybridized carbons (Fsp3) is 0.238. The van der Waals surface area contributed by atoms with Crippen molar-refractivity contribution in [1.82, 2.24) is 14.9 Å². The lowest BCUT2D eigenvalue weighted by Crippen LogP contribution is -2.18. The standard InChI is InChI=1S/C21H21BrFN5/c22-19-13-24-21(27-20(19)25-17-9-5-16(23)6-10-17)26-18-7-3-15(4-8-18)14-28-11-1-2-12-28/h3-10,13H,1-2,11-12,14H2,(H2,24,25,26,27). The molecule has 7 heteroatoms. The first-order chi connectivity index (χ1) is 13.7. The highest BCUT2D eigenvalue weighted by Gasteiger charge is 2.11. The Morgan fingerprint density at radius 2 is 1.57 bits per heavy atom. The van der Waals surface area contributed by atoms with E-state index in [1.54, 1.807) is 18.3 Å². The number of likely N-dealkylation sites (tertiary alicyclic amines) is 1. The zero-order chi connectivity index (χ0) is 19.3. The van der Waals surface area contributed by atoms with Crippen LogP contribution in [0, 0.1) is 5.82 Å². The van der Waals surface area contributed by atoms with E-state index in [1.807, 2.05) is 12.1 Å². The lowest BCUT2D eigenvalue weighted by molar-refractivity contribution is 0.331. The molecule has 28 heavy (non-hydrogen) atoms. The predicted octanol–water partition coefficient (Wildman–Crippen LogP) is 5.46. The van der Waals surface area contributed by atoms with Crippen LogP contribution in [0.2, 0.25) is 0 Å². The Bertz CT molecular complexity index is 925. The van der Waals surface area contributed by atoms with E-state index in [9.17, 15) is 4.39 Å². The summed E-state index contributed by atoms with van der Waals surface area (Å²) in [5, 5.41) is 6.40. The van der Waals surface area contributed by atoms with Crippen molar-refractivity contribution >= 4 is 39.1 Å². The molecule has 0 bridgehead atoms. The van der Waals surface area contributed by atoms with Crippen LogP contribution in [0.1, 0.15) is 18.4 Å². The molecular formula is C21H21BrFN5. The third kappa shape index (κ3) is 4.85. The summed E-state index contributed by atoms with van der Waals surface area (Å²) in [6.45, 7) is 3.38. The van der Waals surface area contributed by atoms with Crippen LogP contribution in [0.5, 0.6) is 0 Å². The minimum atomic E-state index is -0.275. The SMILES string of the molecule is Fc1ccc(Nc2nc(Nc3ccc(CN4CCCC4)cc3)ncc2Br)cc1. The van der Waals surface area contributed by atoms with E-state index < -0.39 is 0 Å². The first-order valence-corrected chi connectivity index (χ1v) is 10.1. The third-order valence-corrected chi connectivity index (χ3v) is 5.25. The van der Waals surface area contributed by atoms with Crippen molar-refractivity contribution in [3.8, 4) is 0 Å². The first kappa shape index (κ1) is 18.8. The Balaban J connectivity index is 1.43. The summed E-state index contributed by atoms with van der Waals surface area (Å²) in [6, 6.07) is 14.5. The number of hydrogen-bond donors (Lipinski definition) is 2. The van der Waals surface area contributed by atoms with Crippen molar-refractivity contribution in [1.29, 1.82) is 0 Å². The van der Waals surface area contributed by atoms with E-state index >= 15 is 0 Å². The molecule has 0 radical (unpaired) electrons. The van der Waals surface area contributed by atoms with Crippen molar-refractivity contribution in [3.63, 3.8) is 0 Å². The molecule has 0 amide bonds. The predicted molar refractivity (Wildman–Crippen MR) is 114 cm³/mol. The highest BCUT2D eigenvalue weighted by atomic mass is 79.9. The zero-order valence-electron chi connectivity index (χ0n) is 15.3. The van der Waals surface area contributed by atoms with E-state index in [2.05, 4.69) is 53.6 Å². The van der Waals surface area contributed by atoms with Gasteiger partial charge in [0.25, 0.3) is 0 Å². The van der Waals surface area contributed by atoms with Crippen LogP contribution in [0.25, 0.3) is 0 Å². The summed E-state index contributed by atoms with van der Waals surface area (Å²) in [7, 11) is 0. The van der Waals surface area contributed by atoms with Crippen LogP contribution in [-0.2, 0) is 6.54 Å². The van der Waals surface area contributed by atoms with Gasteiger partial charge in [-0.15, -0.1) is 0 Å². The fourth-order valence-corrected chi connectivity index (χ4v) is 3.50. The number of hydrogen-bond acceptors (Lipinski definition) is 5. The Morgan fingerprint density at radius 3 is 2.29 bits per heavy atom. The van der Waals surface area contributed by atoms with Gasteiger partial charge in [-0.3, -0.25) is 4.90 Å². The molecule has 1 saturated heterocycles. The maximum absolute atomic E-state index is 13.1. The number of anilines is 4. The molecule has 0 atom stereocenters. The normalized spacial score (nSPS) is 14.2. The molecule has 2 heterocycles. The molecule has 0 spiro atoms. The lowest BCUT2D eigenvalue weighted by Gasteiger charge is -2.15. The van der Waals surface area contributed by atoms with Crippen LogP contribution in [-0.4, -0.2) is 28.0 Å². The Kier molecular flexibility index (Phi) is 5.83. The van der Waals surface area contributed by atoms with Gasteiger partial charge in [-0.25, -0.2) is 9.37 Å². The number of rotatable bonds is 6. The van der Waals surface area contributed by atoms with Gasteiger partial charge < -0.3 is 10.6 Å². The van der Waals surface area contributed by atoms with Crippen LogP contribution >= 0.6 is 15.9 Å². The van der Waals surface area contributed by atoms with Gasteiger partial charge in [-0.1, -0.05) is 12.1 Å². The lowest BCUT2D eigenvalue weighted by atomic mass is 10.2. The molecule has 2 aromatic carbocycles.